The second kappa shape index (κ2) is 4.44. The van der Waals surface area contributed by atoms with E-state index in [2.05, 4.69) is 11.0 Å². The Balaban J connectivity index is 2.23. The molecule has 12 heavy (non-hydrogen) atoms. The van der Waals surface area contributed by atoms with Crippen LogP contribution in [-0.4, -0.2) is 35.2 Å². The van der Waals surface area contributed by atoms with Crippen molar-refractivity contribution in [2.24, 2.45) is 0 Å². The predicted molar refractivity (Wildman–Crippen MR) is 46.5 cm³/mol. The van der Waals surface area contributed by atoms with Gasteiger partial charge in [0, 0.05) is 25.6 Å². The number of hydrogen-bond acceptors (Lipinski definition) is 3. The van der Waals surface area contributed by atoms with E-state index in [1.165, 1.54) is 12.8 Å². The summed E-state index contributed by atoms with van der Waals surface area (Å²) in [5.74, 6) is 0. The van der Waals surface area contributed by atoms with Gasteiger partial charge in [-0.3, -0.25) is 4.90 Å². The van der Waals surface area contributed by atoms with E-state index in [4.69, 9.17) is 5.26 Å². The quantitative estimate of drug-likeness (QED) is 0.658. The Kier molecular flexibility index (Phi) is 3.51. The van der Waals surface area contributed by atoms with Crippen molar-refractivity contribution in [3.63, 3.8) is 0 Å². The van der Waals surface area contributed by atoms with E-state index in [-0.39, 0.29) is 6.10 Å². The van der Waals surface area contributed by atoms with E-state index < -0.39 is 0 Å². The maximum atomic E-state index is 9.17. The molecule has 0 aromatic carbocycles. The van der Waals surface area contributed by atoms with Crippen LogP contribution in [0.5, 0.6) is 0 Å². The van der Waals surface area contributed by atoms with E-state index in [1.807, 2.05) is 0 Å². The summed E-state index contributed by atoms with van der Waals surface area (Å²) < 4.78 is 0. The van der Waals surface area contributed by atoms with Gasteiger partial charge in [-0.1, -0.05) is 0 Å². The van der Waals surface area contributed by atoms with Crippen molar-refractivity contribution in [2.75, 3.05) is 13.1 Å². The van der Waals surface area contributed by atoms with Crippen LogP contribution in [0.4, 0.5) is 0 Å². The molecule has 1 fully saturated rings. The van der Waals surface area contributed by atoms with Crippen molar-refractivity contribution in [3.05, 3.63) is 0 Å². The fourth-order valence-electron chi connectivity index (χ4n) is 1.40. The summed E-state index contributed by atoms with van der Waals surface area (Å²) in [6.07, 6.45) is 2.77. The normalized spacial score (nSPS) is 19.2. The van der Waals surface area contributed by atoms with Crippen LogP contribution in [0, 0.1) is 11.3 Å². The van der Waals surface area contributed by atoms with Gasteiger partial charge in [0.25, 0.3) is 0 Å². The summed E-state index contributed by atoms with van der Waals surface area (Å²) in [6, 6.07) is 2.78. The molecule has 0 heterocycles. The highest BCUT2D eigenvalue weighted by Crippen LogP contribution is 2.26. The first-order chi connectivity index (χ1) is 5.74. The number of nitrogens with zero attached hydrogens (tertiary/aromatic N) is 2. The molecule has 0 amide bonds. The highest BCUT2D eigenvalue weighted by molar-refractivity contribution is 4.86. The van der Waals surface area contributed by atoms with E-state index in [9.17, 15) is 5.11 Å². The van der Waals surface area contributed by atoms with E-state index >= 15 is 0 Å². The minimum atomic E-state index is -0.274. The average molecular weight is 168 g/mol. The molecule has 1 atom stereocenters. The van der Waals surface area contributed by atoms with Gasteiger partial charge in [-0.25, -0.2) is 0 Å². The van der Waals surface area contributed by atoms with Crippen molar-refractivity contribution in [1.82, 2.24) is 4.90 Å². The molecule has 1 aliphatic rings. The number of aliphatic hydroxyl groups excluding tert-OH is 1. The smallest absolute Gasteiger partial charge is 0.0639 e. The summed E-state index contributed by atoms with van der Waals surface area (Å²) in [5.41, 5.74) is 0. The van der Waals surface area contributed by atoms with Gasteiger partial charge >= 0.3 is 0 Å². The van der Waals surface area contributed by atoms with E-state index in [0.717, 1.165) is 6.54 Å². The zero-order valence-electron chi connectivity index (χ0n) is 7.53. The predicted octanol–water partition coefficient (Wildman–Crippen LogP) is 0.745. The molecule has 0 aromatic rings. The molecule has 1 aliphatic carbocycles. The molecule has 3 heteroatoms. The molecule has 0 aromatic heterocycles. The Bertz CT molecular complexity index is 170. The van der Waals surface area contributed by atoms with Crippen LogP contribution >= 0.6 is 0 Å². The summed E-state index contributed by atoms with van der Waals surface area (Å²) >= 11 is 0. The van der Waals surface area contributed by atoms with Crippen LogP contribution in [0.3, 0.4) is 0 Å². The lowest BCUT2D eigenvalue weighted by atomic mass is 10.3. The molecule has 0 spiro atoms. The molecular formula is C9H16N2O. The van der Waals surface area contributed by atoms with Gasteiger partial charge in [-0.2, -0.15) is 5.26 Å². The van der Waals surface area contributed by atoms with Gasteiger partial charge in [0.05, 0.1) is 12.2 Å². The van der Waals surface area contributed by atoms with Gasteiger partial charge in [0.15, 0.2) is 0 Å². The van der Waals surface area contributed by atoms with Gasteiger partial charge in [-0.05, 0) is 19.8 Å². The standard InChI is InChI=1S/C9H16N2O/c1-8(12)7-11(6-2-5-10)9-3-4-9/h8-9,12H,2-4,6-7H2,1H3/t8-/m1/s1. The van der Waals surface area contributed by atoms with Crippen LogP contribution in [0.1, 0.15) is 26.2 Å². The molecule has 1 rings (SSSR count). The fraction of sp³-hybridized carbons (Fsp3) is 0.889. The monoisotopic (exact) mass is 168 g/mol. The lowest BCUT2D eigenvalue weighted by Gasteiger charge is -2.21. The van der Waals surface area contributed by atoms with Crippen LogP contribution < -0.4 is 0 Å². The third kappa shape index (κ3) is 3.21. The highest BCUT2D eigenvalue weighted by Gasteiger charge is 2.28. The number of aliphatic hydroxyl groups is 1. The molecule has 3 nitrogen and oxygen atoms in total. The fourth-order valence-corrected chi connectivity index (χ4v) is 1.40. The number of rotatable bonds is 5. The van der Waals surface area contributed by atoms with Crippen molar-refractivity contribution in [1.29, 1.82) is 5.26 Å². The highest BCUT2D eigenvalue weighted by atomic mass is 16.3. The summed E-state index contributed by atoms with van der Waals surface area (Å²) in [5, 5.41) is 17.6. The third-order valence-electron chi connectivity index (χ3n) is 2.07. The van der Waals surface area contributed by atoms with Gasteiger partial charge < -0.3 is 5.11 Å². The maximum Gasteiger partial charge on any atom is 0.0639 e. The summed E-state index contributed by atoms with van der Waals surface area (Å²) in [4.78, 5) is 2.22. The molecule has 0 radical (unpaired) electrons. The molecule has 0 unspecified atom stereocenters. The van der Waals surface area contributed by atoms with Crippen LogP contribution in [0.15, 0.2) is 0 Å². The summed E-state index contributed by atoms with van der Waals surface area (Å²) in [6.45, 7) is 3.32. The third-order valence-corrected chi connectivity index (χ3v) is 2.07. The molecule has 0 aliphatic heterocycles. The van der Waals surface area contributed by atoms with Crippen LogP contribution in [-0.2, 0) is 0 Å². The molecule has 1 saturated carbocycles. The van der Waals surface area contributed by atoms with E-state index in [1.54, 1.807) is 6.92 Å². The SMILES string of the molecule is C[C@@H](O)CN(CCC#N)C1CC1. The van der Waals surface area contributed by atoms with Crippen molar-refractivity contribution in [3.8, 4) is 6.07 Å². The Morgan fingerprint density at radius 3 is 2.75 bits per heavy atom. The van der Waals surface area contributed by atoms with Crippen LogP contribution in [0.2, 0.25) is 0 Å². The second-order valence-corrected chi connectivity index (χ2v) is 3.48. The second-order valence-electron chi connectivity index (χ2n) is 3.48. The Labute approximate surface area is 73.6 Å². The minimum absolute atomic E-state index is 0.274. The molecule has 68 valence electrons. The van der Waals surface area contributed by atoms with Crippen LogP contribution in [0.25, 0.3) is 0 Å². The molecule has 0 bridgehead atoms. The molecule has 1 N–H and O–H groups in total. The number of hydrogen-bond donors (Lipinski definition) is 1. The zero-order chi connectivity index (χ0) is 8.97. The van der Waals surface area contributed by atoms with Gasteiger partial charge in [-0.15, -0.1) is 0 Å². The first-order valence-electron chi connectivity index (χ1n) is 4.53. The van der Waals surface area contributed by atoms with Crippen molar-refractivity contribution >= 4 is 0 Å². The Hall–Kier alpha value is -0.590. The molecular weight excluding hydrogens is 152 g/mol. The maximum absolute atomic E-state index is 9.17. The first-order valence-corrected chi connectivity index (χ1v) is 4.53. The Morgan fingerprint density at radius 1 is 1.67 bits per heavy atom. The minimum Gasteiger partial charge on any atom is -0.392 e. The number of nitriles is 1. The van der Waals surface area contributed by atoms with Gasteiger partial charge in [0.2, 0.25) is 0 Å². The largest absolute Gasteiger partial charge is 0.392 e. The topological polar surface area (TPSA) is 47.3 Å². The van der Waals surface area contributed by atoms with E-state index in [0.29, 0.717) is 19.0 Å². The van der Waals surface area contributed by atoms with Crippen molar-refractivity contribution in [2.45, 2.75) is 38.3 Å². The lowest BCUT2D eigenvalue weighted by Crippen LogP contribution is -2.33. The summed E-state index contributed by atoms with van der Waals surface area (Å²) in [7, 11) is 0. The lowest BCUT2D eigenvalue weighted by molar-refractivity contribution is 0.123. The zero-order valence-corrected chi connectivity index (χ0v) is 7.53. The van der Waals surface area contributed by atoms with Gasteiger partial charge in [0.1, 0.15) is 0 Å². The van der Waals surface area contributed by atoms with Crippen molar-refractivity contribution < 1.29 is 5.11 Å². The average Bonchev–Trinajstić information content (AvgIpc) is 2.79. The Morgan fingerprint density at radius 2 is 2.33 bits per heavy atom. The molecule has 0 saturated heterocycles. The first kappa shape index (κ1) is 9.50.